The Morgan fingerprint density at radius 2 is 1.83 bits per heavy atom. The van der Waals surface area contributed by atoms with E-state index in [2.05, 4.69) is 20.5 Å². The molecule has 0 aliphatic carbocycles. The molecule has 2 aromatic heterocycles. The number of amides is 2. The molecule has 3 N–H and O–H groups in total. The number of benzene rings is 1. The fourth-order valence-electron chi connectivity index (χ4n) is 3.93. The fourth-order valence-corrected chi connectivity index (χ4v) is 3.93. The number of hydrogen-bond donors (Lipinski definition) is 3. The van der Waals surface area contributed by atoms with E-state index in [-0.39, 0.29) is 18.0 Å². The largest absolute Gasteiger partial charge is 0.465 e. The normalized spacial score (nSPS) is 19.2. The van der Waals surface area contributed by atoms with Gasteiger partial charge >= 0.3 is 6.09 Å². The maximum Gasteiger partial charge on any atom is 0.407 e. The summed E-state index contributed by atoms with van der Waals surface area (Å²) in [6, 6.07) is 7.02. The number of aromatic nitrogens is 4. The van der Waals surface area contributed by atoms with E-state index in [9.17, 15) is 14.7 Å². The molecule has 1 aromatic carbocycles. The smallest absolute Gasteiger partial charge is 0.407 e. The van der Waals surface area contributed by atoms with Crippen LogP contribution in [0, 0.1) is 0 Å². The minimum Gasteiger partial charge on any atom is -0.465 e. The summed E-state index contributed by atoms with van der Waals surface area (Å²) in [5.41, 5.74) is 3.44. The quantitative estimate of drug-likeness (QED) is 0.603. The second kappa shape index (κ2) is 7.62. The summed E-state index contributed by atoms with van der Waals surface area (Å²) in [5.74, 6) is 0.388. The molecule has 0 unspecified atom stereocenters. The molecule has 3 aromatic rings. The van der Waals surface area contributed by atoms with Crippen molar-refractivity contribution in [3.05, 3.63) is 36.0 Å². The molecule has 1 aliphatic heterocycles. The highest BCUT2D eigenvalue weighted by Crippen LogP contribution is 2.28. The van der Waals surface area contributed by atoms with Crippen LogP contribution in [0.4, 0.5) is 10.7 Å². The maximum absolute atomic E-state index is 11.8. The van der Waals surface area contributed by atoms with Crippen molar-refractivity contribution in [3.63, 3.8) is 0 Å². The molecule has 1 fully saturated rings. The topological polar surface area (TPSA) is 127 Å². The van der Waals surface area contributed by atoms with E-state index < -0.39 is 6.09 Å². The first-order valence-corrected chi connectivity index (χ1v) is 9.69. The van der Waals surface area contributed by atoms with Crippen LogP contribution in [0.5, 0.6) is 0 Å². The Morgan fingerprint density at radius 1 is 1.17 bits per heavy atom. The van der Waals surface area contributed by atoms with Gasteiger partial charge in [0.15, 0.2) is 0 Å². The third kappa shape index (κ3) is 3.40. The van der Waals surface area contributed by atoms with Gasteiger partial charge in [0.05, 0.1) is 6.20 Å². The third-order valence-electron chi connectivity index (χ3n) is 5.36. The molecule has 156 valence electrons. The fraction of sp³-hybridized carbons (Fsp3) is 0.350. The molecule has 0 radical (unpaired) electrons. The van der Waals surface area contributed by atoms with Crippen molar-refractivity contribution in [1.29, 1.82) is 0 Å². The zero-order valence-electron chi connectivity index (χ0n) is 17.0. The zero-order chi connectivity index (χ0) is 21.4. The number of carboxylic acid groups (broad SMARTS) is 1. The number of hydrogen-bond acceptors (Lipinski definition) is 6. The van der Waals surface area contributed by atoms with Crippen LogP contribution in [0.1, 0.15) is 24.2 Å². The van der Waals surface area contributed by atoms with Crippen molar-refractivity contribution in [3.8, 4) is 11.3 Å². The lowest BCUT2D eigenvalue weighted by molar-refractivity contribution is 0.0963. The Labute approximate surface area is 172 Å². The number of H-pyrrole nitrogens is 1. The number of nitrogens with one attached hydrogen (secondary N) is 2. The first-order chi connectivity index (χ1) is 14.4. The van der Waals surface area contributed by atoms with E-state index >= 15 is 0 Å². The number of aromatic amines is 1. The summed E-state index contributed by atoms with van der Waals surface area (Å²) >= 11 is 0. The van der Waals surface area contributed by atoms with E-state index in [1.54, 1.807) is 25.4 Å². The first kappa shape index (κ1) is 19.6. The summed E-state index contributed by atoms with van der Waals surface area (Å²) in [7, 11) is 1.59. The number of piperazine rings is 1. The van der Waals surface area contributed by atoms with Crippen molar-refractivity contribution in [1.82, 2.24) is 30.4 Å². The second-order valence-electron chi connectivity index (χ2n) is 7.45. The Bertz CT molecular complexity index is 1080. The molecular formula is C20H23N7O3. The number of rotatable bonds is 3. The Balaban J connectivity index is 1.68. The Kier molecular flexibility index (Phi) is 4.98. The van der Waals surface area contributed by atoms with Crippen LogP contribution in [0.2, 0.25) is 0 Å². The Hall–Kier alpha value is -3.69. The number of carbonyl (C=O) groups is 2. The number of fused-ring (bicyclic) bond motifs is 1. The number of carbonyl (C=O) groups excluding carboxylic acids is 1. The summed E-state index contributed by atoms with van der Waals surface area (Å²) in [6.07, 6.45) is 0.776. The summed E-state index contributed by atoms with van der Waals surface area (Å²) in [5, 5.41) is 19.3. The van der Waals surface area contributed by atoms with Gasteiger partial charge in [-0.1, -0.05) is 12.1 Å². The van der Waals surface area contributed by atoms with Crippen molar-refractivity contribution in [2.45, 2.75) is 25.9 Å². The second-order valence-corrected chi connectivity index (χ2v) is 7.45. The lowest BCUT2D eigenvalue weighted by atomic mass is 10.1. The van der Waals surface area contributed by atoms with E-state index in [1.807, 2.05) is 30.9 Å². The molecular weight excluding hydrogens is 386 g/mol. The van der Waals surface area contributed by atoms with Crippen LogP contribution in [-0.4, -0.2) is 74.4 Å². The van der Waals surface area contributed by atoms with Crippen LogP contribution in [0.15, 0.2) is 30.5 Å². The van der Waals surface area contributed by atoms with Crippen LogP contribution in [0.3, 0.4) is 0 Å². The molecule has 1 aliphatic rings. The minimum atomic E-state index is -0.915. The average Bonchev–Trinajstić information content (AvgIpc) is 3.16. The zero-order valence-corrected chi connectivity index (χ0v) is 17.0. The van der Waals surface area contributed by atoms with E-state index in [0.717, 1.165) is 5.56 Å². The summed E-state index contributed by atoms with van der Waals surface area (Å²) in [4.78, 5) is 35.8. The molecule has 10 nitrogen and oxygen atoms in total. The molecule has 10 heteroatoms. The lowest BCUT2D eigenvalue weighted by Crippen LogP contribution is -2.58. The van der Waals surface area contributed by atoms with Gasteiger partial charge < -0.3 is 20.2 Å². The van der Waals surface area contributed by atoms with Gasteiger partial charge in [0, 0.05) is 43.3 Å². The highest BCUT2D eigenvalue weighted by Gasteiger charge is 2.33. The van der Waals surface area contributed by atoms with Gasteiger partial charge in [0.2, 0.25) is 5.95 Å². The van der Waals surface area contributed by atoms with E-state index in [1.165, 1.54) is 4.90 Å². The standard InChI is InChI=1S/C20H23N7O3/c1-11-9-26(20(29)30)10-12(2)27(11)19-22-8-15-17(23-19)16(25-24-15)13-4-6-14(7-5-13)18(28)21-3/h4-8,11-12H,9-10H2,1-3H3,(H,21,28)(H,24,25)(H,29,30)/t11-,12+. The molecule has 0 spiro atoms. The molecule has 2 amide bonds. The average molecular weight is 409 g/mol. The SMILES string of the molecule is CNC(=O)c1ccc(-c2n[nH]c3cnc(N4[C@H](C)CN(C(=O)O)C[C@@H]4C)nc23)cc1. The van der Waals surface area contributed by atoms with Gasteiger partial charge in [0.25, 0.3) is 5.91 Å². The van der Waals surface area contributed by atoms with E-state index in [4.69, 9.17) is 4.98 Å². The summed E-state index contributed by atoms with van der Waals surface area (Å²) in [6.45, 7) is 4.71. The van der Waals surface area contributed by atoms with Crippen LogP contribution in [0.25, 0.3) is 22.3 Å². The molecule has 3 heterocycles. The van der Waals surface area contributed by atoms with Gasteiger partial charge in [0.1, 0.15) is 16.7 Å². The third-order valence-corrected chi connectivity index (χ3v) is 5.36. The Morgan fingerprint density at radius 3 is 2.43 bits per heavy atom. The van der Waals surface area contributed by atoms with Gasteiger partial charge in [-0.05, 0) is 26.0 Å². The number of nitrogens with zero attached hydrogens (tertiary/aromatic N) is 5. The monoisotopic (exact) mass is 409 g/mol. The van der Waals surface area contributed by atoms with E-state index in [0.29, 0.717) is 41.3 Å². The highest BCUT2D eigenvalue weighted by molar-refractivity contribution is 5.95. The maximum atomic E-state index is 11.8. The van der Waals surface area contributed by atoms with Gasteiger partial charge in [-0.2, -0.15) is 5.10 Å². The van der Waals surface area contributed by atoms with Crippen molar-refractivity contribution < 1.29 is 14.7 Å². The van der Waals surface area contributed by atoms with Crippen molar-refractivity contribution >= 4 is 29.0 Å². The van der Waals surface area contributed by atoms with Crippen molar-refractivity contribution in [2.24, 2.45) is 0 Å². The highest BCUT2D eigenvalue weighted by atomic mass is 16.4. The van der Waals surface area contributed by atoms with Gasteiger partial charge in [-0.25, -0.2) is 14.8 Å². The lowest BCUT2D eigenvalue weighted by Gasteiger charge is -2.43. The van der Waals surface area contributed by atoms with Crippen LogP contribution >= 0.6 is 0 Å². The molecule has 0 saturated carbocycles. The molecule has 1 saturated heterocycles. The van der Waals surface area contributed by atoms with Crippen molar-refractivity contribution in [2.75, 3.05) is 25.0 Å². The van der Waals surface area contributed by atoms with Gasteiger partial charge in [-0.3, -0.25) is 9.89 Å². The van der Waals surface area contributed by atoms with Crippen LogP contribution < -0.4 is 10.2 Å². The molecule has 2 atom stereocenters. The van der Waals surface area contributed by atoms with Gasteiger partial charge in [-0.15, -0.1) is 0 Å². The van der Waals surface area contributed by atoms with Crippen LogP contribution in [-0.2, 0) is 0 Å². The summed E-state index contributed by atoms with van der Waals surface area (Å²) < 4.78 is 0. The minimum absolute atomic E-state index is 0.0653. The molecule has 30 heavy (non-hydrogen) atoms. The predicted molar refractivity (Wildman–Crippen MR) is 112 cm³/mol. The molecule has 0 bridgehead atoms. The molecule has 4 rings (SSSR count). The number of anilines is 1. The predicted octanol–water partition coefficient (Wildman–Crippen LogP) is 1.96. The first-order valence-electron chi connectivity index (χ1n) is 9.69.